The van der Waals surface area contributed by atoms with Crippen molar-refractivity contribution in [3.8, 4) is 11.4 Å². The number of ether oxygens (including phenoxy) is 1. The molecule has 5 rings (SSSR count). The molecule has 194 valence electrons. The van der Waals surface area contributed by atoms with Crippen LogP contribution in [0.15, 0.2) is 72.9 Å². The molecule has 0 radical (unpaired) electrons. The van der Waals surface area contributed by atoms with Crippen LogP contribution in [0.5, 0.6) is 5.75 Å². The van der Waals surface area contributed by atoms with Gasteiger partial charge < -0.3 is 24.8 Å². The van der Waals surface area contributed by atoms with Gasteiger partial charge in [-0.05, 0) is 80.2 Å². The number of halogens is 1. The number of nitrogens with zero attached hydrogens (tertiary/aromatic N) is 3. The van der Waals surface area contributed by atoms with E-state index in [0.717, 1.165) is 28.3 Å². The second kappa shape index (κ2) is 10.3. The number of thiocarbonyl (C=S) groups is 1. The first-order chi connectivity index (χ1) is 18.3. The Labute approximate surface area is 226 Å². The van der Waals surface area contributed by atoms with Gasteiger partial charge in [0.15, 0.2) is 5.11 Å². The standard InChI is InChI=1S/C29H28FN5O2S/c1-17-15-21(18(2)34(17)25-11-6-5-9-22(25)30)28-27(23-10-7-8-14-31-23)33-29(38)35(28)20-12-13-26(37-4)24(16-20)32-19(3)36/h5-16,27-28H,1-4H3,(H,32,36)(H,33,38)/t27-,28+/m1/s1. The minimum absolute atomic E-state index is 0.209. The lowest BCUT2D eigenvalue weighted by atomic mass is 9.96. The van der Waals surface area contributed by atoms with Crippen molar-refractivity contribution < 1.29 is 13.9 Å². The fourth-order valence-corrected chi connectivity index (χ4v) is 5.52. The fraction of sp³-hybridized carbons (Fsp3) is 0.207. The topological polar surface area (TPSA) is 71.4 Å². The number of para-hydroxylation sites is 1. The van der Waals surface area contributed by atoms with Gasteiger partial charge >= 0.3 is 0 Å². The number of methoxy groups -OCH3 is 1. The van der Waals surface area contributed by atoms with Crippen LogP contribution >= 0.6 is 12.2 Å². The molecule has 3 heterocycles. The van der Waals surface area contributed by atoms with E-state index in [1.807, 2.05) is 59.7 Å². The molecule has 2 N–H and O–H groups in total. The van der Waals surface area contributed by atoms with E-state index in [1.165, 1.54) is 13.0 Å². The average molecular weight is 530 g/mol. The molecular weight excluding hydrogens is 501 g/mol. The Morgan fingerprint density at radius 2 is 1.87 bits per heavy atom. The number of carbonyl (C=O) groups excluding carboxylic acids is 1. The zero-order chi connectivity index (χ0) is 27.0. The van der Waals surface area contributed by atoms with E-state index >= 15 is 0 Å². The van der Waals surface area contributed by atoms with Gasteiger partial charge in [0.25, 0.3) is 0 Å². The van der Waals surface area contributed by atoms with Crippen LogP contribution in [0, 0.1) is 19.7 Å². The first-order valence-corrected chi connectivity index (χ1v) is 12.6. The Balaban J connectivity index is 1.69. The summed E-state index contributed by atoms with van der Waals surface area (Å²) >= 11 is 5.87. The first-order valence-electron chi connectivity index (χ1n) is 12.2. The number of pyridine rings is 1. The maximum absolute atomic E-state index is 14.9. The summed E-state index contributed by atoms with van der Waals surface area (Å²) in [4.78, 5) is 18.5. The van der Waals surface area contributed by atoms with Crippen molar-refractivity contribution in [3.63, 3.8) is 0 Å². The van der Waals surface area contributed by atoms with Gasteiger partial charge in [-0.2, -0.15) is 0 Å². The molecule has 2 atom stereocenters. The molecule has 0 aliphatic carbocycles. The molecule has 2 aromatic carbocycles. The predicted octanol–water partition coefficient (Wildman–Crippen LogP) is 5.77. The summed E-state index contributed by atoms with van der Waals surface area (Å²) in [5.74, 6) is 0.0330. The van der Waals surface area contributed by atoms with Crippen molar-refractivity contribution in [2.45, 2.75) is 32.9 Å². The van der Waals surface area contributed by atoms with Crippen LogP contribution < -0.4 is 20.3 Å². The molecule has 9 heteroatoms. The number of aromatic nitrogens is 2. The molecule has 1 fully saturated rings. The Morgan fingerprint density at radius 3 is 2.55 bits per heavy atom. The summed E-state index contributed by atoms with van der Waals surface area (Å²) in [5, 5.41) is 6.81. The zero-order valence-corrected chi connectivity index (χ0v) is 22.3. The van der Waals surface area contributed by atoms with E-state index < -0.39 is 0 Å². The maximum Gasteiger partial charge on any atom is 0.221 e. The summed E-state index contributed by atoms with van der Waals surface area (Å²) < 4.78 is 22.3. The quantitative estimate of drug-likeness (QED) is 0.309. The number of carbonyl (C=O) groups is 1. The number of hydrogen-bond acceptors (Lipinski definition) is 4. The van der Waals surface area contributed by atoms with Gasteiger partial charge in [0.05, 0.1) is 36.3 Å². The SMILES string of the molecule is COc1ccc(N2C(=S)N[C@H](c3ccccn3)[C@@H]2c2cc(C)n(-c3ccccc3F)c2C)cc1NC(C)=O. The van der Waals surface area contributed by atoms with Crippen LogP contribution in [0.4, 0.5) is 15.8 Å². The number of hydrogen-bond donors (Lipinski definition) is 2. The van der Waals surface area contributed by atoms with E-state index in [-0.39, 0.29) is 23.8 Å². The average Bonchev–Trinajstić information content (AvgIpc) is 3.39. The van der Waals surface area contributed by atoms with Crippen LogP contribution in [-0.2, 0) is 4.79 Å². The lowest BCUT2D eigenvalue weighted by molar-refractivity contribution is -0.114. The second-order valence-corrected chi connectivity index (χ2v) is 9.56. The van der Waals surface area contributed by atoms with Crippen molar-refractivity contribution >= 4 is 34.6 Å². The lowest BCUT2D eigenvalue weighted by Crippen LogP contribution is -2.29. The summed E-state index contributed by atoms with van der Waals surface area (Å²) in [6.45, 7) is 5.40. The number of rotatable bonds is 6. The minimum Gasteiger partial charge on any atom is -0.495 e. The van der Waals surface area contributed by atoms with E-state index in [4.69, 9.17) is 17.0 Å². The van der Waals surface area contributed by atoms with Crippen LogP contribution in [0.1, 0.15) is 41.7 Å². The van der Waals surface area contributed by atoms with Gasteiger partial charge in [0, 0.05) is 30.2 Å². The van der Waals surface area contributed by atoms with E-state index in [0.29, 0.717) is 22.2 Å². The van der Waals surface area contributed by atoms with Gasteiger partial charge in [-0.1, -0.05) is 18.2 Å². The molecule has 38 heavy (non-hydrogen) atoms. The number of benzene rings is 2. The van der Waals surface area contributed by atoms with Crippen LogP contribution in [0.25, 0.3) is 5.69 Å². The number of nitrogens with one attached hydrogen (secondary N) is 2. The molecule has 1 aliphatic heterocycles. The molecular formula is C29H28FN5O2S. The Morgan fingerprint density at radius 1 is 1.11 bits per heavy atom. The Bertz CT molecular complexity index is 1520. The highest BCUT2D eigenvalue weighted by Crippen LogP contribution is 2.45. The molecule has 0 saturated carbocycles. The molecule has 0 spiro atoms. The normalized spacial score (nSPS) is 16.9. The summed E-state index contributed by atoms with van der Waals surface area (Å²) in [7, 11) is 1.56. The molecule has 1 aliphatic rings. The van der Waals surface area contributed by atoms with Gasteiger partial charge in [0.1, 0.15) is 11.6 Å². The van der Waals surface area contributed by atoms with Gasteiger partial charge in [-0.25, -0.2) is 4.39 Å². The maximum atomic E-state index is 14.9. The van der Waals surface area contributed by atoms with Crippen molar-refractivity contribution in [1.29, 1.82) is 0 Å². The van der Waals surface area contributed by atoms with Crippen LogP contribution in [-0.4, -0.2) is 27.7 Å². The third-order valence-electron chi connectivity index (χ3n) is 6.75. The highest BCUT2D eigenvalue weighted by molar-refractivity contribution is 7.80. The predicted molar refractivity (Wildman–Crippen MR) is 150 cm³/mol. The molecule has 4 aromatic rings. The van der Waals surface area contributed by atoms with E-state index in [1.54, 1.807) is 31.5 Å². The van der Waals surface area contributed by atoms with E-state index in [2.05, 4.69) is 21.7 Å². The van der Waals surface area contributed by atoms with Crippen molar-refractivity contribution in [1.82, 2.24) is 14.9 Å². The monoisotopic (exact) mass is 529 g/mol. The fourth-order valence-electron chi connectivity index (χ4n) is 5.17. The third-order valence-corrected chi connectivity index (χ3v) is 7.07. The van der Waals surface area contributed by atoms with Crippen LogP contribution in [0.3, 0.4) is 0 Å². The molecule has 2 aromatic heterocycles. The van der Waals surface area contributed by atoms with Gasteiger partial charge in [0.2, 0.25) is 5.91 Å². The number of aryl methyl sites for hydroxylation is 1. The lowest BCUT2D eigenvalue weighted by Gasteiger charge is -2.29. The largest absolute Gasteiger partial charge is 0.495 e. The van der Waals surface area contributed by atoms with Crippen molar-refractivity contribution in [2.24, 2.45) is 0 Å². The van der Waals surface area contributed by atoms with Crippen molar-refractivity contribution in [3.05, 3.63) is 101 Å². The minimum atomic E-state index is -0.303. The van der Waals surface area contributed by atoms with Gasteiger partial charge in [-0.3, -0.25) is 9.78 Å². The summed E-state index contributed by atoms with van der Waals surface area (Å²) in [6, 6.07) is 19.6. The third kappa shape index (κ3) is 4.50. The molecule has 1 amide bonds. The van der Waals surface area contributed by atoms with Crippen LogP contribution in [0.2, 0.25) is 0 Å². The van der Waals surface area contributed by atoms with E-state index in [9.17, 15) is 9.18 Å². The molecule has 0 bridgehead atoms. The molecule has 1 saturated heterocycles. The smallest absolute Gasteiger partial charge is 0.221 e. The zero-order valence-electron chi connectivity index (χ0n) is 21.5. The summed E-state index contributed by atoms with van der Waals surface area (Å²) in [5.41, 5.74) is 5.39. The Hall–Kier alpha value is -4.24. The second-order valence-electron chi connectivity index (χ2n) is 9.18. The Kier molecular flexibility index (Phi) is 6.86. The van der Waals surface area contributed by atoms with Crippen molar-refractivity contribution in [2.75, 3.05) is 17.3 Å². The van der Waals surface area contributed by atoms with Gasteiger partial charge in [-0.15, -0.1) is 0 Å². The molecule has 0 unspecified atom stereocenters. The number of anilines is 2. The number of amides is 1. The highest BCUT2D eigenvalue weighted by atomic mass is 32.1. The highest BCUT2D eigenvalue weighted by Gasteiger charge is 2.42. The summed E-state index contributed by atoms with van der Waals surface area (Å²) in [6.07, 6.45) is 1.75. The molecule has 7 nitrogen and oxygen atoms in total. The first kappa shape index (κ1) is 25.4.